The van der Waals surface area contributed by atoms with E-state index in [0.717, 1.165) is 28.3 Å². The number of aromatic hydroxyl groups is 1. The van der Waals surface area contributed by atoms with Crippen LogP contribution in [0.2, 0.25) is 5.02 Å². The van der Waals surface area contributed by atoms with Crippen LogP contribution in [0.15, 0.2) is 42.6 Å². The summed E-state index contributed by atoms with van der Waals surface area (Å²) in [4.78, 5) is 17.7. The molecule has 1 saturated heterocycles. The fourth-order valence-electron chi connectivity index (χ4n) is 4.38. The van der Waals surface area contributed by atoms with E-state index < -0.39 is 23.6 Å². The van der Waals surface area contributed by atoms with Gasteiger partial charge in [-0.3, -0.25) is 9.89 Å². The number of hydrogen-bond donors (Lipinski definition) is 3. The summed E-state index contributed by atoms with van der Waals surface area (Å²) >= 11 is 7.01. The van der Waals surface area contributed by atoms with Crippen LogP contribution in [0.25, 0.3) is 22.6 Å². The van der Waals surface area contributed by atoms with Crippen LogP contribution in [0.5, 0.6) is 5.88 Å². The van der Waals surface area contributed by atoms with E-state index >= 15 is 0 Å². The molecule has 0 aliphatic carbocycles. The number of aromatic amines is 1. The summed E-state index contributed by atoms with van der Waals surface area (Å²) in [6.07, 6.45) is -0.806. The van der Waals surface area contributed by atoms with E-state index in [4.69, 9.17) is 11.6 Å². The first-order valence-corrected chi connectivity index (χ1v) is 12.5. The van der Waals surface area contributed by atoms with Crippen molar-refractivity contribution in [3.05, 3.63) is 69.2 Å². The normalized spacial score (nSPS) is 15.5. The molecule has 1 aliphatic heterocycles. The minimum Gasteiger partial charge on any atom is -0.492 e. The molecule has 5 rings (SSSR count). The van der Waals surface area contributed by atoms with E-state index in [-0.39, 0.29) is 16.5 Å². The highest BCUT2D eigenvalue weighted by Crippen LogP contribution is 2.43. The number of hydrogen-bond acceptors (Lipinski definition) is 6. The number of carboxylic acids is 1. The van der Waals surface area contributed by atoms with Crippen LogP contribution in [0, 0.1) is 5.92 Å². The van der Waals surface area contributed by atoms with Gasteiger partial charge in [-0.2, -0.15) is 23.3 Å². The Labute approximate surface area is 217 Å². The van der Waals surface area contributed by atoms with Crippen LogP contribution < -0.4 is 4.90 Å². The Morgan fingerprint density at radius 3 is 2.65 bits per heavy atom. The van der Waals surface area contributed by atoms with Crippen molar-refractivity contribution in [1.29, 1.82) is 0 Å². The van der Waals surface area contributed by atoms with E-state index in [9.17, 15) is 28.2 Å². The number of thiazole rings is 1. The number of aromatic nitrogens is 3. The average molecular weight is 549 g/mol. The zero-order valence-corrected chi connectivity index (χ0v) is 20.7. The molecule has 2 aromatic heterocycles. The SMILES string of the molecule is O=C(O)C1CCN(c2nc(O)c(C(=Cc3ccc(Cl)cc3C(F)(F)F)c3ccc4[nH]ncc4c3)s2)CC1. The van der Waals surface area contributed by atoms with E-state index in [1.165, 1.54) is 18.2 Å². The summed E-state index contributed by atoms with van der Waals surface area (Å²) in [5.41, 5.74) is 0.642. The number of H-pyrrole nitrogens is 1. The van der Waals surface area contributed by atoms with Crippen LogP contribution in [0.3, 0.4) is 0 Å². The van der Waals surface area contributed by atoms with Crippen LogP contribution in [0.1, 0.15) is 34.4 Å². The Hall–Kier alpha value is -3.57. The number of alkyl halides is 3. The molecule has 2 aromatic carbocycles. The molecule has 0 amide bonds. The Bertz CT molecular complexity index is 1510. The molecular formula is C25H20ClF3N4O3S. The van der Waals surface area contributed by atoms with Gasteiger partial charge in [0.25, 0.3) is 0 Å². The number of carboxylic acid groups (broad SMARTS) is 1. The zero-order chi connectivity index (χ0) is 26.3. The minimum atomic E-state index is -4.65. The predicted molar refractivity (Wildman–Crippen MR) is 136 cm³/mol. The number of benzene rings is 2. The Balaban J connectivity index is 1.62. The standard InChI is InChI=1S/C25H20ClF3N4O3S/c26-17-3-1-15(19(11-17)25(27,28)29)10-18(14-2-4-20-16(9-14)12-30-32-20)21-22(34)31-24(37-21)33-7-5-13(6-8-33)23(35)36/h1-4,9-13,34H,5-8H2,(H,30,32)(H,35,36). The number of carbonyl (C=O) groups is 1. The monoisotopic (exact) mass is 548 g/mol. The van der Waals surface area contributed by atoms with Crippen molar-refractivity contribution in [2.75, 3.05) is 18.0 Å². The maximum Gasteiger partial charge on any atom is 0.417 e. The summed E-state index contributed by atoms with van der Waals surface area (Å²) in [6.45, 7) is 0.886. The van der Waals surface area contributed by atoms with Crippen LogP contribution >= 0.6 is 22.9 Å². The Kier molecular flexibility index (Phi) is 6.59. The molecule has 4 aromatic rings. The average Bonchev–Trinajstić information content (AvgIpc) is 3.48. The maximum atomic E-state index is 13.9. The fraction of sp³-hybridized carbons (Fsp3) is 0.240. The molecule has 37 heavy (non-hydrogen) atoms. The summed E-state index contributed by atoms with van der Waals surface area (Å²) in [6, 6.07) is 8.79. The lowest BCUT2D eigenvalue weighted by Crippen LogP contribution is -2.36. The van der Waals surface area contributed by atoms with Gasteiger partial charge < -0.3 is 15.1 Å². The van der Waals surface area contributed by atoms with Crippen LogP contribution in [-0.4, -0.2) is 44.5 Å². The highest BCUT2D eigenvalue weighted by Gasteiger charge is 2.34. The summed E-state index contributed by atoms with van der Waals surface area (Å²) in [7, 11) is 0. The molecule has 3 heterocycles. The molecule has 0 bridgehead atoms. The van der Waals surface area contributed by atoms with Crippen molar-refractivity contribution in [2.45, 2.75) is 19.0 Å². The lowest BCUT2D eigenvalue weighted by Gasteiger charge is -2.29. The molecule has 0 saturated carbocycles. The summed E-state index contributed by atoms with van der Waals surface area (Å²) < 4.78 is 41.6. The van der Waals surface area contributed by atoms with Gasteiger partial charge in [-0.15, -0.1) is 0 Å². The summed E-state index contributed by atoms with van der Waals surface area (Å²) in [5.74, 6) is -1.60. The molecule has 1 fully saturated rings. The van der Waals surface area contributed by atoms with Gasteiger partial charge in [0.1, 0.15) is 4.88 Å². The van der Waals surface area contributed by atoms with Crippen molar-refractivity contribution in [2.24, 2.45) is 5.92 Å². The number of anilines is 1. The van der Waals surface area contributed by atoms with Gasteiger partial charge in [0.05, 0.1) is 23.2 Å². The molecule has 0 unspecified atom stereocenters. The number of nitrogens with zero attached hydrogens (tertiary/aromatic N) is 3. The Morgan fingerprint density at radius 1 is 1.19 bits per heavy atom. The highest BCUT2D eigenvalue weighted by atomic mass is 35.5. The van der Waals surface area contributed by atoms with E-state index in [0.29, 0.717) is 47.1 Å². The molecule has 0 radical (unpaired) electrons. The first kappa shape index (κ1) is 25.1. The fourth-order valence-corrected chi connectivity index (χ4v) is 5.60. The number of rotatable bonds is 5. The lowest BCUT2D eigenvalue weighted by atomic mass is 9.97. The number of halogens is 4. The molecular weight excluding hydrogens is 529 g/mol. The second-order valence-corrected chi connectivity index (χ2v) is 10.1. The third-order valence-corrected chi connectivity index (χ3v) is 7.70. The van der Waals surface area contributed by atoms with Crippen LogP contribution in [0.4, 0.5) is 18.3 Å². The third kappa shape index (κ3) is 5.14. The van der Waals surface area contributed by atoms with Crippen molar-refractivity contribution in [1.82, 2.24) is 15.2 Å². The molecule has 192 valence electrons. The molecule has 0 spiro atoms. The van der Waals surface area contributed by atoms with E-state index in [1.54, 1.807) is 24.4 Å². The quantitative estimate of drug-likeness (QED) is 0.253. The molecule has 7 nitrogen and oxygen atoms in total. The minimum absolute atomic E-state index is 0.0430. The van der Waals surface area contributed by atoms with Crippen molar-refractivity contribution in [3.63, 3.8) is 0 Å². The number of nitrogens with one attached hydrogen (secondary N) is 1. The number of piperidine rings is 1. The van der Waals surface area contributed by atoms with Gasteiger partial charge in [-0.05, 0) is 54.3 Å². The topological polar surface area (TPSA) is 102 Å². The van der Waals surface area contributed by atoms with Crippen molar-refractivity contribution in [3.8, 4) is 5.88 Å². The first-order valence-electron chi connectivity index (χ1n) is 11.3. The second kappa shape index (κ2) is 9.71. The molecule has 3 N–H and O–H groups in total. The van der Waals surface area contributed by atoms with E-state index in [2.05, 4.69) is 15.2 Å². The number of aliphatic carboxylic acids is 1. The molecule has 12 heteroatoms. The first-order chi connectivity index (χ1) is 17.6. The van der Waals surface area contributed by atoms with Gasteiger partial charge in [-0.25, -0.2) is 0 Å². The molecule has 0 atom stereocenters. The predicted octanol–water partition coefficient (Wildman–Crippen LogP) is 6.29. The maximum absolute atomic E-state index is 13.9. The number of fused-ring (bicyclic) bond motifs is 1. The smallest absolute Gasteiger partial charge is 0.417 e. The third-order valence-electron chi connectivity index (χ3n) is 6.33. The van der Waals surface area contributed by atoms with Gasteiger partial charge in [-0.1, -0.05) is 35.1 Å². The van der Waals surface area contributed by atoms with Gasteiger partial charge in [0, 0.05) is 29.1 Å². The largest absolute Gasteiger partial charge is 0.492 e. The van der Waals surface area contributed by atoms with E-state index in [1.807, 2.05) is 4.90 Å². The highest BCUT2D eigenvalue weighted by molar-refractivity contribution is 7.17. The lowest BCUT2D eigenvalue weighted by molar-refractivity contribution is -0.142. The summed E-state index contributed by atoms with van der Waals surface area (Å²) in [5, 5.41) is 28.1. The van der Waals surface area contributed by atoms with Gasteiger partial charge in [0.2, 0.25) is 5.88 Å². The second-order valence-electron chi connectivity index (χ2n) is 8.71. The molecule has 1 aliphatic rings. The van der Waals surface area contributed by atoms with Gasteiger partial charge >= 0.3 is 12.1 Å². The van der Waals surface area contributed by atoms with Gasteiger partial charge in [0.15, 0.2) is 5.13 Å². The van der Waals surface area contributed by atoms with Crippen LogP contribution in [-0.2, 0) is 11.0 Å². The Morgan fingerprint density at radius 2 is 1.95 bits per heavy atom. The van der Waals surface area contributed by atoms with Crippen molar-refractivity contribution < 1.29 is 28.2 Å². The van der Waals surface area contributed by atoms with Crippen molar-refractivity contribution >= 4 is 56.6 Å². The zero-order valence-electron chi connectivity index (χ0n) is 19.1.